The van der Waals surface area contributed by atoms with Crippen LogP contribution in [-0.2, 0) is 0 Å². The first-order valence-corrected chi connectivity index (χ1v) is 11.8. The molecule has 166 valence electrons. The van der Waals surface area contributed by atoms with Gasteiger partial charge in [-0.2, -0.15) is 5.26 Å². The normalized spacial score (nSPS) is 20.0. The van der Waals surface area contributed by atoms with Gasteiger partial charge in [-0.25, -0.2) is 0 Å². The van der Waals surface area contributed by atoms with E-state index in [2.05, 4.69) is 16.3 Å². The fraction of sp³-hybridized carbons (Fsp3) is 0.321. The number of carbonyl (C=O) groups is 2. The van der Waals surface area contributed by atoms with Crippen molar-refractivity contribution >= 4 is 28.3 Å². The lowest BCUT2D eigenvalue weighted by molar-refractivity contribution is 0.0392. The number of amides is 2. The van der Waals surface area contributed by atoms with Crippen molar-refractivity contribution < 1.29 is 9.59 Å². The largest absolute Gasteiger partial charge is 0.335 e. The number of anilines is 1. The molecule has 1 aliphatic carbocycles. The van der Waals surface area contributed by atoms with Crippen molar-refractivity contribution in [3.05, 3.63) is 77.4 Å². The molecule has 5 heteroatoms. The van der Waals surface area contributed by atoms with E-state index in [4.69, 9.17) is 5.26 Å². The Bertz CT molecular complexity index is 1240. The highest BCUT2D eigenvalue weighted by atomic mass is 16.2. The summed E-state index contributed by atoms with van der Waals surface area (Å²) < 4.78 is 0. The molecule has 1 unspecified atom stereocenters. The van der Waals surface area contributed by atoms with E-state index in [0.717, 1.165) is 30.2 Å². The topological polar surface area (TPSA) is 73.2 Å². The van der Waals surface area contributed by atoms with Crippen LogP contribution in [0.15, 0.2) is 60.7 Å². The number of benzene rings is 3. The fourth-order valence-electron chi connectivity index (χ4n) is 5.54. The van der Waals surface area contributed by atoms with Crippen molar-refractivity contribution in [3.63, 3.8) is 0 Å². The minimum Gasteiger partial charge on any atom is -0.335 e. The van der Waals surface area contributed by atoms with E-state index in [1.54, 1.807) is 30.3 Å². The highest BCUT2D eigenvalue weighted by Gasteiger charge is 2.36. The van der Waals surface area contributed by atoms with E-state index < -0.39 is 0 Å². The number of hydrogen-bond acceptors (Lipinski definition) is 3. The molecule has 1 heterocycles. The number of nitriles is 1. The molecule has 2 amide bonds. The van der Waals surface area contributed by atoms with Gasteiger partial charge in [-0.3, -0.25) is 9.59 Å². The Morgan fingerprint density at radius 2 is 1.52 bits per heavy atom. The van der Waals surface area contributed by atoms with Crippen LogP contribution in [0.2, 0.25) is 0 Å². The van der Waals surface area contributed by atoms with Crippen LogP contribution in [0.5, 0.6) is 0 Å². The van der Waals surface area contributed by atoms with Gasteiger partial charge >= 0.3 is 0 Å². The van der Waals surface area contributed by atoms with Gasteiger partial charge in [0.1, 0.15) is 0 Å². The Labute approximate surface area is 194 Å². The third-order valence-electron chi connectivity index (χ3n) is 7.18. The van der Waals surface area contributed by atoms with Gasteiger partial charge in [0.25, 0.3) is 11.8 Å². The number of carbonyl (C=O) groups excluding carboxylic acids is 2. The summed E-state index contributed by atoms with van der Waals surface area (Å²) in [5.74, 6) is 0.474. The van der Waals surface area contributed by atoms with Crippen molar-refractivity contribution in [1.82, 2.24) is 4.90 Å². The van der Waals surface area contributed by atoms with Gasteiger partial charge in [-0.05, 0) is 78.8 Å². The SMILES string of the molecule is N#Cc1ccc(NC(=O)c2ccc(C(=O)N3CCCC4CCCC[C@@H]43)c3ccccc23)cc1. The van der Waals surface area contributed by atoms with Crippen molar-refractivity contribution in [3.8, 4) is 6.07 Å². The minimum absolute atomic E-state index is 0.0850. The van der Waals surface area contributed by atoms with Crippen molar-refractivity contribution in [1.29, 1.82) is 5.26 Å². The highest BCUT2D eigenvalue weighted by Crippen LogP contribution is 2.36. The van der Waals surface area contributed by atoms with Crippen LogP contribution >= 0.6 is 0 Å². The van der Waals surface area contributed by atoms with E-state index in [-0.39, 0.29) is 11.8 Å². The molecule has 3 aromatic rings. The third kappa shape index (κ3) is 4.09. The molecule has 33 heavy (non-hydrogen) atoms. The summed E-state index contributed by atoms with van der Waals surface area (Å²) in [6, 6.07) is 20.4. The first-order chi connectivity index (χ1) is 16.2. The van der Waals surface area contributed by atoms with Crippen LogP contribution in [0, 0.1) is 17.2 Å². The number of rotatable bonds is 3. The van der Waals surface area contributed by atoms with E-state index in [1.165, 1.54) is 25.7 Å². The molecule has 0 spiro atoms. The molecule has 2 fully saturated rings. The minimum atomic E-state index is -0.236. The zero-order valence-corrected chi connectivity index (χ0v) is 18.6. The van der Waals surface area contributed by atoms with E-state index in [0.29, 0.717) is 34.3 Å². The molecule has 1 N–H and O–H groups in total. The summed E-state index contributed by atoms with van der Waals surface area (Å²) in [7, 11) is 0. The third-order valence-corrected chi connectivity index (χ3v) is 7.18. The van der Waals surface area contributed by atoms with E-state index in [9.17, 15) is 9.59 Å². The molecule has 1 aliphatic heterocycles. The maximum atomic E-state index is 13.7. The second-order valence-electron chi connectivity index (χ2n) is 9.10. The van der Waals surface area contributed by atoms with Gasteiger partial charge in [0.15, 0.2) is 0 Å². The quantitative estimate of drug-likeness (QED) is 0.566. The fourth-order valence-corrected chi connectivity index (χ4v) is 5.54. The van der Waals surface area contributed by atoms with Crippen LogP contribution in [0.4, 0.5) is 5.69 Å². The molecule has 3 aromatic carbocycles. The van der Waals surface area contributed by atoms with Crippen molar-refractivity contribution in [2.24, 2.45) is 5.92 Å². The van der Waals surface area contributed by atoms with Crippen molar-refractivity contribution in [2.45, 2.75) is 44.6 Å². The monoisotopic (exact) mass is 437 g/mol. The standard InChI is InChI=1S/C28H27N3O2/c29-18-19-11-13-21(14-12-19)30-27(32)24-15-16-25(23-9-3-2-8-22(23)24)28(33)31-17-5-7-20-6-1-4-10-26(20)31/h2-3,8-9,11-16,20,26H,1,4-7,10,17H2,(H,30,32)/t20?,26-/m0/s1. The zero-order valence-electron chi connectivity index (χ0n) is 18.6. The van der Waals surface area contributed by atoms with E-state index in [1.807, 2.05) is 30.3 Å². The molecule has 2 aliphatic rings. The van der Waals surface area contributed by atoms with Gasteiger partial charge < -0.3 is 10.2 Å². The van der Waals surface area contributed by atoms with E-state index >= 15 is 0 Å². The molecule has 0 radical (unpaired) electrons. The molecule has 5 rings (SSSR count). The second-order valence-corrected chi connectivity index (χ2v) is 9.10. The first kappa shape index (κ1) is 21.2. The zero-order chi connectivity index (χ0) is 22.8. The van der Waals surface area contributed by atoms with Gasteiger partial charge in [0.2, 0.25) is 0 Å². The molecular formula is C28H27N3O2. The van der Waals surface area contributed by atoms with Crippen LogP contribution < -0.4 is 5.32 Å². The number of likely N-dealkylation sites (tertiary alicyclic amines) is 1. The van der Waals surface area contributed by atoms with Crippen molar-refractivity contribution in [2.75, 3.05) is 11.9 Å². The molecule has 0 aromatic heterocycles. The Morgan fingerprint density at radius 1 is 0.848 bits per heavy atom. The summed E-state index contributed by atoms with van der Waals surface area (Å²) in [4.78, 5) is 28.9. The van der Waals surface area contributed by atoms with Gasteiger partial charge in [0, 0.05) is 29.4 Å². The Kier molecular flexibility index (Phi) is 5.83. The Balaban J connectivity index is 1.46. The average Bonchev–Trinajstić information content (AvgIpc) is 2.87. The summed E-state index contributed by atoms with van der Waals surface area (Å²) in [6.45, 7) is 0.815. The number of nitrogens with zero attached hydrogens (tertiary/aromatic N) is 2. The molecule has 1 saturated carbocycles. The van der Waals surface area contributed by atoms with Gasteiger partial charge in [-0.15, -0.1) is 0 Å². The Morgan fingerprint density at radius 3 is 2.27 bits per heavy atom. The maximum absolute atomic E-state index is 13.7. The van der Waals surface area contributed by atoms with Gasteiger partial charge in [0.05, 0.1) is 11.6 Å². The second kappa shape index (κ2) is 9.07. The predicted octanol–water partition coefficient (Wildman–Crippen LogP) is 5.76. The van der Waals surface area contributed by atoms with Crippen LogP contribution in [0.1, 0.15) is 64.8 Å². The number of nitrogens with one attached hydrogen (secondary N) is 1. The number of piperidine rings is 1. The lowest BCUT2D eigenvalue weighted by Gasteiger charge is -2.44. The summed E-state index contributed by atoms with van der Waals surface area (Å²) in [5, 5.41) is 13.5. The molecule has 1 saturated heterocycles. The van der Waals surface area contributed by atoms with Crippen LogP contribution in [0.3, 0.4) is 0 Å². The maximum Gasteiger partial charge on any atom is 0.256 e. The molecule has 2 atom stereocenters. The highest BCUT2D eigenvalue weighted by molar-refractivity contribution is 6.17. The summed E-state index contributed by atoms with van der Waals surface area (Å²) in [5.41, 5.74) is 2.37. The lowest BCUT2D eigenvalue weighted by Crippen LogP contribution is -2.49. The smallest absolute Gasteiger partial charge is 0.256 e. The first-order valence-electron chi connectivity index (χ1n) is 11.8. The summed E-state index contributed by atoms with van der Waals surface area (Å²) in [6.07, 6.45) is 7.08. The lowest BCUT2D eigenvalue weighted by atomic mass is 9.78. The number of hydrogen-bond donors (Lipinski definition) is 1. The van der Waals surface area contributed by atoms with Crippen LogP contribution in [0.25, 0.3) is 10.8 Å². The van der Waals surface area contributed by atoms with Gasteiger partial charge in [-0.1, -0.05) is 37.1 Å². The average molecular weight is 438 g/mol. The molecule has 5 nitrogen and oxygen atoms in total. The summed E-state index contributed by atoms with van der Waals surface area (Å²) >= 11 is 0. The van der Waals surface area contributed by atoms with Crippen LogP contribution in [-0.4, -0.2) is 29.3 Å². The molecule has 0 bridgehead atoms. The Hall–Kier alpha value is -3.65. The molecular weight excluding hydrogens is 410 g/mol. The number of fused-ring (bicyclic) bond motifs is 2. The predicted molar refractivity (Wildman–Crippen MR) is 129 cm³/mol.